The van der Waals surface area contributed by atoms with Gasteiger partial charge in [-0.2, -0.15) is 0 Å². The summed E-state index contributed by atoms with van der Waals surface area (Å²) in [6, 6.07) is 15.1. The lowest BCUT2D eigenvalue weighted by molar-refractivity contribution is 0.0378. The fraction of sp³-hybridized carbons (Fsp3) is 0.174. The number of hydrogen-bond donors (Lipinski definition) is 1. The minimum absolute atomic E-state index is 0.173. The molecule has 0 atom stereocenters. The van der Waals surface area contributed by atoms with Crippen LogP contribution in [0.3, 0.4) is 0 Å². The third-order valence-electron chi connectivity index (χ3n) is 4.48. The number of rotatable bonds is 6. The van der Waals surface area contributed by atoms with Gasteiger partial charge in [-0.05, 0) is 49.7 Å². The van der Waals surface area contributed by atoms with Crippen LogP contribution in [0.4, 0.5) is 11.5 Å². The maximum Gasteiger partial charge on any atom is 0.338 e. The normalized spacial score (nSPS) is 10.9. The van der Waals surface area contributed by atoms with Gasteiger partial charge in [-0.1, -0.05) is 18.2 Å². The number of ether oxygens (including phenoxy) is 2. The van der Waals surface area contributed by atoms with Gasteiger partial charge in [-0.15, -0.1) is 11.3 Å². The van der Waals surface area contributed by atoms with Crippen molar-refractivity contribution in [2.24, 2.45) is 0 Å². The molecule has 0 aliphatic heterocycles. The molecular weight excluding hydrogens is 398 g/mol. The lowest BCUT2D eigenvalue weighted by Crippen LogP contribution is -2.11. The van der Waals surface area contributed by atoms with E-state index >= 15 is 0 Å². The Hall–Kier alpha value is -3.45. The van der Waals surface area contributed by atoms with Crippen molar-refractivity contribution in [2.45, 2.75) is 20.0 Å². The van der Waals surface area contributed by atoms with Gasteiger partial charge in [0.2, 0.25) is 0 Å². The number of methoxy groups -OCH3 is 1. The lowest BCUT2D eigenvalue weighted by Gasteiger charge is -2.11. The summed E-state index contributed by atoms with van der Waals surface area (Å²) in [7, 11) is 1.65. The first-order valence-electron chi connectivity index (χ1n) is 9.50. The summed E-state index contributed by atoms with van der Waals surface area (Å²) in [6.07, 6.45) is 1.36. The van der Waals surface area contributed by atoms with Crippen LogP contribution >= 0.6 is 11.3 Å². The van der Waals surface area contributed by atoms with Gasteiger partial charge < -0.3 is 14.8 Å². The van der Waals surface area contributed by atoms with Crippen LogP contribution in [0.2, 0.25) is 0 Å². The Bertz CT molecular complexity index is 1190. The standard InChI is InChI=1S/C23H21N3O3S/c1-14(2)29-23(27)16-5-4-6-17(11-16)26-21-20-19(12-30-22(20)25-13-24-21)15-7-9-18(28-3)10-8-15/h4-14H,1-3H3,(H,24,25,26). The molecule has 0 unspecified atom stereocenters. The molecule has 0 aliphatic carbocycles. The molecule has 6 nitrogen and oxygen atoms in total. The first-order chi connectivity index (χ1) is 14.5. The molecule has 4 rings (SSSR count). The van der Waals surface area contributed by atoms with Gasteiger partial charge in [0.25, 0.3) is 0 Å². The molecule has 0 spiro atoms. The summed E-state index contributed by atoms with van der Waals surface area (Å²) < 4.78 is 10.6. The van der Waals surface area contributed by atoms with Crippen LogP contribution < -0.4 is 10.1 Å². The molecule has 0 radical (unpaired) electrons. The van der Waals surface area contributed by atoms with Gasteiger partial charge >= 0.3 is 5.97 Å². The van der Waals surface area contributed by atoms with Crippen LogP contribution in [0.1, 0.15) is 24.2 Å². The van der Waals surface area contributed by atoms with Gasteiger partial charge in [0.05, 0.1) is 24.2 Å². The van der Waals surface area contributed by atoms with Gasteiger partial charge in [0, 0.05) is 16.6 Å². The molecule has 2 heterocycles. The fourth-order valence-corrected chi connectivity index (χ4v) is 4.01. The van der Waals surface area contributed by atoms with Crippen molar-refractivity contribution < 1.29 is 14.3 Å². The van der Waals surface area contributed by atoms with Gasteiger partial charge in [0.15, 0.2) is 0 Å². The number of aromatic nitrogens is 2. The van der Waals surface area contributed by atoms with E-state index in [-0.39, 0.29) is 12.1 Å². The SMILES string of the molecule is COc1ccc(-c2csc3ncnc(Nc4cccc(C(=O)OC(C)C)c4)c23)cc1. The molecule has 2 aromatic carbocycles. The van der Waals surface area contributed by atoms with Crippen LogP contribution in [-0.4, -0.2) is 29.2 Å². The van der Waals surface area contributed by atoms with E-state index < -0.39 is 0 Å². The minimum Gasteiger partial charge on any atom is -0.497 e. The number of benzene rings is 2. The summed E-state index contributed by atoms with van der Waals surface area (Å²) >= 11 is 1.56. The number of fused-ring (bicyclic) bond motifs is 1. The van der Waals surface area contributed by atoms with Crippen molar-refractivity contribution in [2.75, 3.05) is 12.4 Å². The highest BCUT2D eigenvalue weighted by Crippen LogP contribution is 2.37. The highest BCUT2D eigenvalue weighted by atomic mass is 32.1. The molecule has 0 amide bonds. The maximum atomic E-state index is 12.2. The zero-order valence-electron chi connectivity index (χ0n) is 16.9. The number of esters is 1. The molecule has 0 saturated carbocycles. The zero-order valence-corrected chi connectivity index (χ0v) is 17.7. The smallest absolute Gasteiger partial charge is 0.338 e. The van der Waals surface area contributed by atoms with Crippen LogP contribution in [-0.2, 0) is 4.74 Å². The number of carbonyl (C=O) groups is 1. The average Bonchev–Trinajstić information content (AvgIpc) is 3.19. The van der Waals surface area contributed by atoms with Crippen molar-refractivity contribution in [3.05, 3.63) is 65.8 Å². The zero-order chi connectivity index (χ0) is 21.1. The number of nitrogens with zero attached hydrogens (tertiary/aromatic N) is 2. The fourth-order valence-electron chi connectivity index (χ4n) is 3.10. The van der Waals surface area contributed by atoms with Crippen molar-refractivity contribution in [3.63, 3.8) is 0 Å². The summed E-state index contributed by atoms with van der Waals surface area (Å²) in [5, 5.41) is 6.34. The predicted molar refractivity (Wildman–Crippen MR) is 120 cm³/mol. The maximum absolute atomic E-state index is 12.2. The van der Waals surface area contributed by atoms with Gasteiger partial charge in [0.1, 0.15) is 22.7 Å². The summed E-state index contributed by atoms with van der Waals surface area (Å²) in [5.41, 5.74) is 3.32. The highest BCUT2D eigenvalue weighted by Gasteiger charge is 2.15. The van der Waals surface area contributed by atoms with Gasteiger partial charge in [-0.3, -0.25) is 0 Å². The Morgan fingerprint density at radius 2 is 1.90 bits per heavy atom. The Morgan fingerprint density at radius 3 is 2.63 bits per heavy atom. The van der Waals surface area contributed by atoms with E-state index in [2.05, 4.69) is 20.7 Å². The van der Waals surface area contributed by atoms with E-state index in [9.17, 15) is 4.79 Å². The summed E-state index contributed by atoms with van der Waals surface area (Å²) in [4.78, 5) is 22.0. The third kappa shape index (κ3) is 4.11. The largest absolute Gasteiger partial charge is 0.497 e. The molecule has 4 aromatic rings. The van der Waals surface area contributed by atoms with Crippen LogP contribution in [0.25, 0.3) is 21.3 Å². The predicted octanol–water partition coefficient (Wildman–Crippen LogP) is 5.68. The number of anilines is 2. The average molecular weight is 420 g/mol. The topological polar surface area (TPSA) is 73.3 Å². The van der Waals surface area contributed by atoms with Crippen LogP contribution in [0.5, 0.6) is 5.75 Å². The summed E-state index contributed by atoms with van der Waals surface area (Å²) in [6.45, 7) is 3.66. The molecule has 2 aromatic heterocycles. The van der Waals surface area contributed by atoms with E-state index in [0.29, 0.717) is 11.4 Å². The van der Waals surface area contributed by atoms with Crippen LogP contribution in [0.15, 0.2) is 60.2 Å². The first kappa shape index (κ1) is 19.8. The van der Waals surface area contributed by atoms with E-state index in [1.807, 2.05) is 50.2 Å². The molecule has 0 aliphatic rings. The van der Waals surface area contributed by atoms with E-state index in [1.165, 1.54) is 6.33 Å². The number of nitrogens with one attached hydrogen (secondary N) is 1. The van der Waals surface area contributed by atoms with Gasteiger partial charge in [-0.25, -0.2) is 14.8 Å². The molecule has 0 fully saturated rings. The van der Waals surface area contributed by atoms with E-state index in [1.54, 1.807) is 30.6 Å². The molecule has 0 bridgehead atoms. The Morgan fingerprint density at radius 1 is 1.10 bits per heavy atom. The van der Waals surface area contributed by atoms with Crippen molar-refractivity contribution >= 4 is 39.0 Å². The molecule has 152 valence electrons. The third-order valence-corrected chi connectivity index (χ3v) is 5.36. The number of thiophene rings is 1. The van der Waals surface area contributed by atoms with E-state index in [4.69, 9.17) is 9.47 Å². The monoisotopic (exact) mass is 419 g/mol. The Kier molecular flexibility index (Phi) is 5.63. The summed E-state index contributed by atoms with van der Waals surface area (Å²) in [5.74, 6) is 1.13. The quantitative estimate of drug-likeness (QED) is 0.406. The Balaban J connectivity index is 1.70. The van der Waals surface area contributed by atoms with E-state index in [0.717, 1.165) is 32.8 Å². The molecule has 7 heteroatoms. The molecule has 1 N–H and O–H groups in total. The minimum atomic E-state index is -0.351. The lowest BCUT2D eigenvalue weighted by atomic mass is 10.1. The molecule has 0 saturated heterocycles. The van der Waals surface area contributed by atoms with Crippen molar-refractivity contribution in [1.29, 1.82) is 0 Å². The molecular formula is C23H21N3O3S. The second kappa shape index (κ2) is 8.51. The number of carbonyl (C=O) groups excluding carboxylic acids is 1. The Labute approximate surface area is 178 Å². The second-order valence-corrected chi connectivity index (χ2v) is 7.80. The van der Waals surface area contributed by atoms with Crippen molar-refractivity contribution in [1.82, 2.24) is 9.97 Å². The first-order valence-corrected chi connectivity index (χ1v) is 10.4. The van der Waals surface area contributed by atoms with Crippen LogP contribution in [0, 0.1) is 0 Å². The second-order valence-electron chi connectivity index (χ2n) is 6.94. The highest BCUT2D eigenvalue weighted by molar-refractivity contribution is 7.17. The van der Waals surface area contributed by atoms with Crippen molar-refractivity contribution in [3.8, 4) is 16.9 Å². The number of hydrogen-bond acceptors (Lipinski definition) is 7. The molecule has 30 heavy (non-hydrogen) atoms.